The van der Waals surface area contributed by atoms with Gasteiger partial charge in [-0.2, -0.15) is 5.26 Å². The van der Waals surface area contributed by atoms with Gasteiger partial charge in [-0.1, -0.05) is 5.16 Å². The molecule has 0 aliphatic heterocycles. The third kappa shape index (κ3) is 2.81. The highest BCUT2D eigenvalue weighted by Gasteiger charge is 2.21. The van der Waals surface area contributed by atoms with E-state index in [9.17, 15) is 8.42 Å². The van der Waals surface area contributed by atoms with Gasteiger partial charge in [-0.3, -0.25) is 0 Å². The third-order valence-corrected chi connectivity index (χ3v) is 3.35. The molecule has 1 atom stereocenters. The van der Waals surface area contributed by atoms with Crippen LogP contribution in [0.15, 0.2) is 4.52 Å². The standard InChI is InChI=1S/C9H13N3O3S/c1-6-9(8(3)15-11-6)7(2)12-16(13,14)5-4-10/h7,12H,5H2,1-3H3. The van der Waals surface area contributed by atoms with E-state index >= 15 is 0 Å². The smallest absolute Gasteiger partial charge is 0.225 e. The van der Waals surface area contributed by atoms with E-state index in [1.165, 1.54) is 0 Å². The maximum Gasteiger partial charge on any atom is 0.225 e. The fraction of sp³-hybridized carbons (Fsp3) is 0.556. The molecule has 0 saturated heterocycles. The molecule has 1 aromatic rings. The maximum absolute atomic E-state index is 11.4. The van der Waals surface area contributed by atoms with Gasteiger partial charge in [-0.15, -0.1) is 0 Å². The van der Waals surface area contributed by atoms with Gasteiger partial charge in [0.15, 0.2) is 5.75 Å². The first kappa shape index (κ1) is 12.7. The molecule has 0 aliphatic rings. The van der Waals surface area contributed by atoms with Gasteiger partial charge >= 0.3 is 0 Å². The van der Waals surface area contributed by atoms with Crippen LogP contribution < -0.4 is 4.72 Å². The van der Waals surface area contributed by atoms with Gasteiger partial charge in [0.05, 0.1) is 11.8 Å². The molecule has 0 amide bonds. The molecule has 1 rings (SSSR count). The molecule has 6 nitrogen and oxygen atoms in total. The first-order valence-corrected chi connectivity index (χ1v) is 6.32. The molecular weight excluding hydrogens is 230 g/mol. The molecule has 1 heterocycles. The summed E-state index contributed by atoms with van der Waals surface area (Å²) in [6, 6.07) is 1.14. The van der Waals surface area contributed by atoms with Gasteiger partial charge in [-0.05, 0) is 20.8 Å². The zero-order valence-electron chi connectivity index (χ0n) is 9.31. The van der Waals surface area contributed by atoms with E-state index < -0.39 is 21.8 Å². The van der Waals surface area contributed by atoms with Gasteiger partial charge in [-0.25, -0.2) is 13.1 Å². The highest BCUT2D eigenvalue weighted by molar-refractivity contribution is 7.89. The summed E-state index contributed by atoms with van der Waals surface area (Å²) in [5.41, 5.74) is 1.35. The SMILES string of the molecule is Cc1noc(C)c1C(C)NS(=O)(=O)CC#N. The van der Waals surface area contributed by atoms with Crippen molar-refractivity contribution in [3.8, 4) is 6.07 Å². The maximum atomic E-state index is 11.4. The van der Waals surface area contributed by atoms with Crippen molar-refractivity contribution in [3.63, 3.8) is 0 Å². The molecule has 7 heteroatoms. The first-order chi connectivity index (χ1) is 7.37. The van der Waals surface area contributed by atoms with Gasteiger partial charge in [0.1, 0.15) is 5.76 Å². The predicted octanol–water partition coefficient (Wildman–Crippen LogP) is 0.795. The van der Waals surface area contributed by atoms with Crippen LogP contribution in [-0.4, -0.2) is 19.3 Å². The number of hydrogen-bond donors (Lipinski definition) is 1. The molecular formula is C9H13N3O3S. The van der Waals surface area contributed by atoms with Crippen molar-refractivity contribution in [2.75, 3.05) is 5.75 Å². The fourth-order valence-electron chi connectivity index (χ4n) is 1.56. The molecule has 0 radical (unpaired) electrons. The van der Waals surface area contributed by atoms with Crippen molar-refractivity contribution in [3.05, 3.63) is 17.0 Å². The molecule has 1 unspecified atom stereocenters. The number of rotatable bonds is 4. The number of aryl methyl sites for hydroxylation is 2. The lowest BCUT2D eigenvalue weighted by molar-refractivity contribution is 0.391. The summed E-state index contributed by atoms with van der Waals surface area (Å²) < 4.78 is 30.1. The fourth-order valence-corrected chi connectivity index (χ4v) is 2.47. The zero-order valence-corrected chi connectivity index (χ0v) is 10.1. The Morgan fingerprint density at radius 1 is 1.56 bits per heavy atom. The first-order valence-electron chi connectivity index (χ1n) is 4.67. The minimum Gasteiger partial charge on any atom is -0.361 e. The van der Waals surface area contributed by atoms with Crippen LogP contribution in [0.2, 0.25) is 0 Å². The average Bonchev–Trinajstić information content (AvgIpc) is 2.44. The van der Waals surface area contributed by atoms with Crippen molar-refractivity contribution in [1.82, 2.24) is 9.88 Å². The molecule has 0 aliphatic carbocycles. The Morgan fingerprint density at radius 3 is 2.62 bits per heavy atom. The number of nitrogens with zero attached hydrogens (tertiary/aromatic N) is 2. The van der Waals surface area contributed by atoms with Gasteiger partial charge in [0.2, 0.25) is 10.0 Å². The Morgan fingerprint density at radius 2 is 2.19 bits per heavy atom. The molecule has 88 valence electrons. The second-order valence-electron chi connectivity index (χ2n) is 3.49. The number of nitrogens with one attached hydrogen (secondary N) is 1. The van der Waals surface area contributed by atoms with E-state index in [-0.39, 0.29) is 0 Å². The normalized spacial score (nSPS) is 13.4. The molecule has 0 fully saturated rings. The van der Waals surface area contributed by atoms with Crippen LogP contribution in [0.5, 0.6) is 0 Å². The van der Waals surface area contributed by atoms with E-state index in [0.29, 0.717) is 17.0 Å². The Balaban J connectivity index is 2.90. The van der Waals surface area contributed by atoms with Crippen LogP contribution >= 0.6 is 0 Å². The average molecular weight is 243 g/mol. The highest BCUT2D eigenvalue weighted by atomic mass is 32.2. The van der Waals surface area contributed by atoms with Crippen LogP contribution in [0, 0.1) is 25.2 Å². The van der Waals surface area contributed by atoms with E-state index in [1.54, 1.807) is 26.8 Å². The van der Waals surface area contributed by atoms with Crippen LogP contribution in [0.3, 0.4) is 0 Å². The lowest BCUT2D eigenvalue weighted by Gasteiger charge is -2.12. The summed E-state index contributed by atoms with van der Waals surface area (Å²) in [5.74, 6) is 0.0189. The Bertz CT molecular complexity index is 493. The summed E-state index contributed by atoms with van der Waals surface area (Å²) >= 11 is 0. The highest BCUT2D eigenvalue weighted by Crippen LogP contribution is 2.21. The Labute approximate surface area is 94.3 Å². The van der Waals surface area contributed by atoms with Crippen LogP contribution in [-0.2, 0) is 10.0 Å². The quantitative estimate of drug-likeness (QED) is 0.843. The molecule has 1 N–H and O–H groups in total. The molecule has 0 aromatic carbocycles. The van der Waals surface area contributed by atoms with Crippen molar-refractivity contribution in [2.45, 2.75) is 26.8 Å². The van der Waals surface area contributed by atoms with Gasteiger partial charge in [0.25, 0.3) is 0 Å². The minimum absolute atomic E-state index is 0.454. The summed E-state index contributed by atoms with van der Waals surface area (Å²) in [5, 5.41) is 12.1. The molecule has 1 aromatic heterocycles. The Hall–Kier alpha value is -1.39. The lowest BCUT2D eigenvalue weighted by atomic mass is 10.1. The molecule has 0 saturated carbocycles. The predicted molar refractivity (Wildman–Crippen MR) is 56.9 cm³/mol. The molecule has 16 heavy (non-hydrogen) atoms. The van der Waals surface area contributed by atoms with E-state index in [0.717, 1.165) is 0 Å². The van der Waals surface area contributed by atoms with E-state index in [1.807, 2.05) is 0 Å². The van der Waals surface area contributed by atoms with Crippen molar-refractivity contribution < 1.29 is 12.9 Å². The van der Waals surface area contributed by atoms with Crippen LogP contribution in [0.25, 0.3) is 0 Å². The van der Waals surface area contributed by atoms with Gasteiger partial charge < -0.3 is 4.52 Å². The number of sulfonamides is 1. The van der Waals surface area contributed by atoms with E-state index in [2.05, 4.69) is 9.88 Å². The van der Waals surface area contributed by atoms with Crippen LogP contribution in [0.1, 0.15) is 30.0 Å². The number of aromatic nitrogens is 1. The molecule has 0 spiro atoms. The zero-order chi connectivity index (χ0) is 12.3. The summed E-state index contributed by atoms with van der Waals surface area (Å²) in [7, 11) is -3.57. The number of nitriles is 1. The van der Waals surface area contributed by atoms with Crippen molar-refractivity contribution in [2.24, 2.45) is 0 Å². The Kier molecular flexibility index (Phi) is 3.67. The van der Waals surface area contributed by atoms with Crippen molar-refractivity contribution in [1.29, 1.82) is 5.26 Å². The minimum atomic E-state index is -3.57. The van der Waals surface area contributed by atoms with Crippen LogP contribution in [0.4, 0.5) is 0 Å². The lowest BCUT2D eigenvalue weighted by Crippen LogP contribution is -2.29. The van der Waals surface area contributed by atoms with Gasteiger partial charge in [0, 0.05) is 11.6 Å². The van der Waals surface area contributed by atoms with Crippen molar-refractivity contribution >= 4 is 10.0 Å². The topological polar surface area (TPSA) is 96.0 Å². The van der Waals surface area contributed by atoms with E-state index in [4.69, 9.17) is 9.78 Å². The summed E-state index contributed by atoms with van der Waals surface area (Å²) in [6.45, 7) is 5.13. The number of hydrogen-bond acceptors (Lipinski definition) is 5. The monoisotopic (exact) mass is 243 g/mol. The third-order valence-electron chi connectivity index (χ3n) is 2.13. The largest absolute Gasteiger partial charge is 0.361 e. The second-order valence-corrected chi connectivity index (χ2v) is 5.25. The molecule has 0 bridgehead atoms. The second kappa shape index (κ2) is 4.63. The summed E-state index contributed by atoms with van der Waals surface area (Å²) in [6.07, 6.45) is 0. The summed E-state index contributed by atoms with van der Waals surface area (Å²) in [4.78, 5) is 0.